The van der Waals surface area contributed by atoms with Crippen molar-refractivity contribution in [2.75, 3.05) is 13.7 Å². The number of ether oxygens (including phenoxy) is 3. The molecule has 74 valence electrons. The Hall–Kier alpha value is -0.870. The highest BCUT2D eigenvalue weighted by Crippen LogP contribution is 2.22. The maximum atomic E-state index is 10.7. The molecule has 0 N–H and O–H groups in total. The number of hydrogen-bond acceptors (Lipinski definition) is 4. The summed E-state index contributed by atoms with van der Waals surface area (Å²) in [6.45, 7) is 4.14. The number of rotatable bonds is 2. The van der Waals surface area contributed by atoms with Gasteiger partial charge in [0.25, 0.3) is 0 Å². The second kappa shape index (κ2) is 3.89. The van der Waals surface area contributed by atoms with E-state index in [0.717, 1.165) is 0 Å². The molecule has 1 fully saturated rings. The standard InChI is InChI=1S/C9H14O4/c1-9(2)12-6-7(13-9)4-5-8(10)11-3/h4-5,7H,6H2,1-3H3/b5-4-/t7-/m0/s1. The largest absolute Gasteiger partial charge is 0.466 e. The lowest BCUT2D eigenvalue weighted by molar-refractivity contribution is -0.136. The summed E-state index contributed by atoms with van der Waals surface area (Å²) in [5.41, 5.74) is 0. The van der Waals surface area contributed by atoms with E-state index in [-0.39, 0.29) is 12.1 Å². The maximum absolute atomic E-state index is 10.7. The number of carbonyl (C=O) groups excluding carboxylic acids is 1. The van der Waals surface area contributed by atoms with Gasteiger partial charge in [-0.1, -0.05) is 0 Å². The number of esters is 1. The van der Waals surface area contributed by atoms with Crippen LogP contribution in [0.1, 0.15) is 13.8 Å². The molecule has 0 aromatic rings. The van der Waals surface area contributed by atoms with Gasteiger partial charge < -0.3 is 14.2 Å². The summed E-state index contributed by atoms with van der Waals surface area (Å²) in [7, 11) is 1.34. The van der Waals surface area contributed by atoms with E-state index in [0.29, 0.717) is 6.61 Å². The van der Waals surface area contributed by atoms with Crippen LogP contribution < -0.4 is 0 Å². The first-order chi connectivity index (χ1) is 6.03. The van der Waals surface area contributed by atoms with E-state index >= 15 is 0 Å². The van der Waals surface area contributed by atoms with Gasteiger partial charge in [-0.2, -0.15) is 0 Å². The molecule has 1 aliphatic rings. The molecule has 0 radical (unpaired) electrons. The highest BCUT2D eigenvalue weighted by molar-refractivity contribution is 5.81. The molecule has 0 aliphatic carbocycles. The Balaban J connectivity index is 2.40. The van der Waals surface area contributed by atoms with E-state index in [9.17, 15) is 4.79 Å². The molecule has 1 aliphatic heterocycles. The molecule has 1 heterocycles. The van der Waals surface area contributed by atoms with E-state index in [4.69, 9.17) is 9.47 Å². The summed E-state index contributed by atoms with van der Waals surface area (Å²) >= 11 is 0. The van der Waals surface area contributed by atoms with Crippen molar-refractivity contribution in [1.29, 1.82) is 0 Å². The van der Waals surface area contributed by atoms with Crippen molar-refractivity contribution < 1.29 is 19.0 Å². The zero-order valence-electron chi connectivity index (χ0n) is 8.07. The van der Waals surface area contributed by atoms with Gasteiger partial charge in [0.15, 0.2) is 5.79 Å². The lowest BCUT2D eigenvalue weighted by Gasteiger charge is -2.15. The first kappa shape index (κ1) is 10.2. The summed E-state index contributed by atoms with van der Waals surface area (Å²) in [6, 6.07) is 0. The molecule has 4 heteroatoms. The van der Waals surface area contributed by atoms with Crippen LogP contribution in [0.5, 0.6) is 0 Å². The third-order valence-corrected chi connectivity index (χ3v) is 1.68. The monoisotopic (exact) mass is 186 g/mol. The molecule has 1 rings (SSSR count). The predicted octanol–water partition coefficient (Wildman–Crippen LogP) is 0.867. The molecule has 0 amide bonds. The topological polar surface area (TPSA) is 44.8 Å². The molecule has 0 saturated carbocycles. The van der Waals surface area contributed by atoms with Crippen molar-refractivity contribution in [1.82, 2.24) is 0 Å². The molecule has 0 aromatic carbocycles. The Morgan fingerprint density at radius 3 is 2.77 bits per heavy atom. The van der Waals surface area contributed by atoms with Gasteiger partial charge in [-0.15, -0.1) is 0 Å². The van der Waals surface area contributed by atoms with Crippen LogP contribution in [0.25, 0.3) is 0 Å². The van der Waals surface area contributed by atoms with Crippen LogP contribution in [0.3, 0.4) is 0 Å². The van der Waals surface area contributed by atoms with Crippen molar-refractivity contribution in [2.45, 2.75) is 25.7 Å². The average molecular weight is 186 g/mol. The summed E-state index contributed by atoms with van der Waals surface area (Å²) < 4.78 is 15.2. The second-order valence-corrected chi connectivity index (χ2v) is 3.25. The summed E-state index contributed by atoms with van der Waals surface area (Å²) in [4.78, 5) is 10.7. The van der Waals surface area contributed by atoms with Crippen molar-refractivity contribution >= 4 is 5.97 Å². The zero-order valence-corrected chi connectivity index (χ0v) is 8.07. The minimum Gasteiger partial charge on any atom is -0.466 e. The van der Waals surface area contributed by atoms with Crippen LogP contribution in [0.15, 0.2) is 12.2 Å². The van der Waals surface area contributed by atoms with E-state index < -0.39 is 5.79 Å². The highest BCUT2D eigenvalue weighted by Gasteiger charge is 2.30. The summed E-state index contributed by atoms with van der Waals surface area (Å²) in [6.07, 6.45) is 2.82. The minimum absolute atomic E-state index is 0.158. The first-order valence-corrected chi connectivity index (χ1v) is 4.11. The average Bonchev–Trinajstić information content (AvgIpc) is 2.41. The quantitative estimate of drug-likeness (QED) is 0.474. The number of methoxy groups -OCH3 is 1. The number of carbonyl (C=O) groups is 1. The van der Waals surface area contributed by atoms with Crippen LogP contribution in [-0.2, 0) is 19.0 Å². The minimum atomic E-state index is -0.550. The molecule has 1 atom stereocenters. The van der Waals surface area contributed by atoms with Gasteiger partial charge in [0.05, 0.1) is 13.7 Å². The zero-order chi connectivity index (χ0) is 9.90. The second-order valence-electron chi connectivity index (χ2n) is 3.25. The molecule has 0 bridgehead atoms. The van der Waals surface area contributed by atoms with E-state index in [1.807, 2.05) is 13.8 Å². The predicted molar refractivity (Wildman–Crippen MR) is 46.1 cm³/mol. The summed E-state index contributed by atoms with van der Waals surface area (Å²) in [5, 5.41) is 0. The van der Waals surface area contributed by atoms with Gasteiger partial charge in [-0.25, -0.2) is 4.79 Å². The maximum Gasteiger partial charge on any atom is 0.330 e. The van der Waals surface area contributed by atoms with Gasteiger partial charge in [-0.05, 0) is 19.9 Å². The van der Waals surface area contributed by atoms with E-state index in [2.05, 4.69) is 4.74 Å². The molecular formula is C9H14O4. The lowest BCUT2D eigenvalue weighted by Crippen LogP contribution is -2.20. The SMILES string of the molecule is COC(=O)/C=C\[C@H]1COC(C)(C)O1. The van der Waals surface area contributed by atoms with Crippen molar-refractivity contribution in [3.8, 4) is 0 Å². The molecule has 0 spiro atoms. The molecule has 0 unspecified atom stereocenters. The molecular weight excluding hydrogens is 172 g/mol. The fourth-order valence-corrected chi connectivity index (χ4v) is 1.06. The number of hydrogen-bond donors (Lipinski definition) is 0. The normalized spacial score (nSPS) is 26.5. The molecule has 13 heavy (non-hydrogen) atoms. The Bertz CT molecular complexity index is 220. The Morgan fingerprint density at radius 1 is 1.62 bits per heavy atom. The Labute approximate surface area is 77.5 Å². The molecule has 1 saturated heterocycles. The van der Waals surface area contributed by atoms with Crippen LogP contribution >= 0.6 is 0 Å². The van der Waals surface area contributed by atoms with Gasteiger partial charge in [0.1, 0.15) is 6.10 Å². The van der Waals surface area contributed by atoms with Crippen molar-refractivity contribution in [3.63, 3.8) is 0 Å². The van der Waals surface area contributed by atoms with Crippen LogP contribution in [0.4, 0.5) is 0 Å². The fraction of sp³-hybridized carbons (Fsp3) is 0.667. The Kier molecular flexibility index (Phi) is 3.06. The van der Waals surface area contributed by atoms with Crippen molar-refractivity contribution in [3.05, 3.63) is 12.2 Å². The fourth-order valence-electron chi connectivity index (χ4n) is 1.06. The van der Waals surface area contributed by atoms with Gasteiger partial charge in [-0.3, -0.25) is 0 Å². The van der Waals surface area contributed by atoms with Crippen LogP contribution in [-0.4, -0.2) is 31.6 Å². The summed E-state index contributed by atoms with van der Waals surface area (Å²) in [5.74, 6) is -0.932. The van der Waals surface area contributed by atoms with Gasteiger partial charge in [0.2, 0.25) is 0 Å². The van der Waals surface area contributed by atoms with Crippen LogP contribution in [0, 0.1) is 0 Å². The van der Waals surface area contributed by atoms with Gasteiger partial charge >= 0.3 is 5.97 Å². The highest BCUT2D eigenvalue weighted by atomic mass is 16.7. The first-order valence-electron chi connectivity index (χ1n) is 4.11. The smallest absolute Gasteiger partial charge is 0.330 e. The lowest BCUT2D eigenvalue weighted by atomic mass is 10.3. The van der Waals surface area contributed by atoms with Gasteiger partial charge in [0, 0.05) is 6.08 Å². The van der Waals surface area contributed by atoms with Crippen molar-refractivity contribution in [2.24, 2.45) is 0 Å². The van der Waals surface area contributed by atoms with E-state index in [1.54, 1.807) is 6.08 Å². The van der Waals surface area contributed by atoms with E-state index in [1.165, 1.54) is 13.2 Å². The Morgan fingerprint density at radius 2 is 2.31 bits per heavy atom. The molecule has 4 nitrogen and oxygen atoms in total. The third kappa shape index (κ3) is 3.16. The van der Waals surface area contributed by atoms with Crippen LogP contribution in [0.2, 0.25) is 0 Å². The third-order valence-electron chi connectivity index (χ3n) is 1.68. The molecule has 0 aromatic heterocycles.